The number of halogens is 2. The van der Waals surface area contributed by atoms with Gasteiger partial charge in [0.2, 0.25) is 0 Å². The lowest BCUT2D eigenvalue weighted by Crippen LogP contribution is -2.44. The van der Waals surface area contributed by atoms with E-state index in [9.17, 15) is 13.6 Å². The zero-order chi connectivity index (χ0) is 16.4. The van der Waals surface area contributed by atoms with Gasteiger partial charge >= 0.3 is 6.03 Å². The second-order valence-corrected chi connectivity index (χ2v) is 6.86. The highest BCUT2D eigenvalue weighted by molar-refractivity contribution is 7.98. The molecule has 3 rings (SSSR count). The molecule has 2 fully saturated rings. The van der Waals surface area contributed by atoms with Crippen LogP contribution in [0, 0.1) is 17.6 Å². The molecule has 1 heterocycles. The normalized spacial score (nSPS) is 24.3. The Kier molecular flexibility index (Phi) is 5.06. The van der Waals surface area contributed by atoms with Crippen LogP contribution >= 0.6 is 11.8 Å². The highest BCUT2D eigenvalue weighted by Crippen LogP contribution is 2.38. The molecule has 2 atom stereocenters. The van der Waals surface area contributed by atoms with Crippen molar-refractivity contribution in [3.8, 4) is 0 Å². The van der Waals surface area contributed by atoms with Gasteiger partial charge in [-0.25, -0.2) is 13.6 Å². The third kappa shape index (κ3) is 4.14. The van der Waals surface area contributed by atoms with Gasteiger partial charge in [0.15, 0.2) is 0 Å². The van der Waals surface area contributed by atoms with E-state index in [1.54, 1.807) is 6.26 Å². The van der Waals surface area contributed by atoms with E-state index in [1.165, 1.54) is 12.8 Å². The van der Waals surface area contributed by atoms with E-state index in [1.807, 2.05) is 0 Å². The Bertz CT molecular complexity index is 572. The molecule has 2 amide bonds. The Morgan fingerprint density at radius 2 is 1.96 bits per heavy atom. The van der Waals surface area contributed by atoms with Crippen molar-refractivity contribution in [1.29, 1.82) is 0 Å². The number of thioether (sulfide) groups is 1. The first kappa shape index (κ1) is 16.5. The Hall–Kier alpha value is -1.34. The number of carbonyl (C=O) groups is 1. The van der Waals surface area contributed by atoms with Crippen molar-refractivity contribution >= 4 is 23.5 Å². The lowest BCUT2D eigenvalue weighted by Gasteiger charge is -2.30. The molecular weight excluding hydrogens is 322 g/mol. The molecule has 1 aromatic rings. The molecule has 0 aromatic heterocycles. The van der Waals surface area contributed by atoms with Crippen molar-refractivity contribution in [2.24, 2.45) is 5.92 Å². The number of anilines is 1. The molecule has 23 heavy (non-hydrogen) atoms. The molecule has 1 saturated heterocycles. The average molecular weight is 342 g/mol. The molecule has 1 aliphatic carbocycles. The molecule has 0 unspecified atom stereocenters. The second kappa shape index (κ2) is 7.05. The molecule has 1 saturated carbocycles. The highest BCUT2D eigenvalue weighted by atomic mass is 32.2. The summed E-state index contributed by atoms with van der Waals surface area (Å²) in [7, 11) is 0. The van der Waals surface area contributed by atoms with E-state index in [2.05, 4.69) is 10.6 Å². The van der Waals surface area contributed by atoms with E-state index in [0.717, 1.165) is 36.7 Å². The van der Waals surface area contributed by atoms with E-state index >= 15 is 0 Å². The van der Waals surface area contributed by atoms with E-state index < -0.39 is 17.7 Å². The van der Waals surface area contributed by atoms with Gasteiger partial charge in [0.1, 0.15) is 11.6 Å². The molecule has 126 valence electrons. The summed E-state index contributed by atoms with van der Waals surface area (Å²) in [6, 6.07) is 1.85. The Labute approximate surface area is 138 Å². The molecule has 0 radical (unpaired) electrons. The Morgan fingerprint density at radius 1 is 1.26 bits per heavy atom. The van der Waals surface area contributed by atoms with Gasteiger partial charge in [-0.05, 0) is 50.0 Å². The summed E-state index contributed by atoms with van der Waals surface area (Å²) < 4.78 is 33.2. The smallest absolute Gasteiger partial charge is 0.319 e. The fraction of sp³-hybridized carbons (Fsp3) is 0.562. The quantitative estimate of drug-likeness (QED) is 0.819. The molecule has 1 aromatic carbocycles. The minimum absolute atomic E-state index is 0.0366. The van der Waals surface area contributed by atoms with Crippen LogP contribution in [0.1, 0.15) is 25.7 Å². The highest BCUT2D eigenvalue weighted by Gasteiger charge is 2.36. The predicted molar refractivity (Wildman–Crippen MR) is 85.8 cm³/mol. The number of carbonyl (C=O) groups excluding carboxylic acids is 1. The van der Waals surface area contributed by atoms with Crippen LogP contribution in [-0.4, -0.2) is 31.0 Å². The summed E-state index contributed by atoms with van der Waals surface area (Å²) in [5, 5.41) is 5.37. The topological polar surface area (TPSA) is 50.4 Å². The third-order valence-corrected chi connectivity index (χ3v) is 5.06. The minimum Gasteiger partial charge on any atom is -0.378 e. The van der Waals surface area contributed by atoms with Gasteiger partial charge in [-0.3, -0.25) is 0 Å². The number of ether oxygens (including phenoxy) is 1. The van der Waals surface area contributed by atoms with Crippen LogP contribution in [0.15, 0.2) is 17.0 Å². The van der Waals surface area contributed by atoms with E-state index in [0.29, 0.717) is 12.5 Å². The van der Waals surface area contributed by atoms with Crippen LogP contribution < -0.4 is 10.6 Å². The molecule has 2 aliphatic rings. The van der Waals surface area contributed by atoms with Crippen molar-refractivity contribution in [2.45, 2.75) is 42.7 Å². The van der Waals surface area contributed by atoms with Gasteiger partial charge in [-0.15, -0.1) is 11.8 Å². The Balaban J connectivity index is 1.56. The largest absolute Gasteiger partial charge is 0.378 e. The summed E-state index contributed by atoms with van der Waals surface area (Å²) in [4.78, 5) is 12.0. The maximum absolute atomic E-state index is 13.7. The fourth-order valence-electron chi connectivity index (χ4n) is 2.94. The lowest BCUT2D eigenvalue weighted by atomic mass is 10.0. The first-order valence-corrected chi connectivity index (χ1v) is 9.01. The lowest BCUT2D eigenvalue weighted by molar-refractivity contribution is -0.00889. The van der Waals surface area contributed by atoms with Crippen LogP contribution in [0.3, 0.4) is 0 Å². The summed E-state index contributed by atoms with van der Waals surface area (Å²) in [5.41, 5.74) is 0.112. The van der Waals surface area contributed by atoms with Gasteiger partial charge in [-0.1, -0.05) is 0 Å². The molecule has 0 spiro atoms. The van der Waals surface area contributed by atoms with Crippen molar-refractivity contribution in [3.05, 3.63) is 23.8 Å². The van der Waals surface area contributed by atoms with Crippen molar-refractivity contribution in [2.75, 3.05) is 18.2 Å². The molecule has 7 heteroatoms. The van der Waals surface area contributed by atoms with Gasteiger partial charge in [0, 0.05) is 18.3 Å². The van der Waals surface area contributed by atoms with Crippen LogP contribution in [0.2, 0.25) is 0 Å². The number of hydrogen-bond donors (Lipinski definition) is 2. The number of rotatable bonds is 4. The van der Waals surface area contributed by atoms with Crippen molar-refractivity contribution < 1.29 is 18.3 Å². The molecule has 4 nitrogen and oxygen atoms in total. The monoisotopic (exact) mass is 342 g/mol. The second-order valence-electron chi connectivity index (χ2n) is 6.04. The van der Waals surface area contributed by atoms with Crippen LogP contribution in [0.5, 0.6) is 0 Å². The predicted octanol–water partition coefficient (Wildman–Crippen LogP) is 3.77. The molecular formula is C16H20F2N2O2S. The number of urea groups is 1. The number of nitrogens with one attached hydrogen (secondary N) is 2. The van der Waals surface area contributed by atoms with Gasteiger partial charge in [-0.2, -0.15) is 0 Å². The van der Waals surface area contributed by atoms with Gasteiger partial charge < -0.3 is 15.4 Å². The maximum atomic E-state index is 13.7. The number of hydrogen-bond acceptors (Lipinski definition) is 3. The van der Waals surface area contributed by atoms with Crippen LogP contribution in [0.25, 0.3) is 0 Å². The zero-order valence-corrected chi connectivity index (χ0v) is 13.7. The number of amides is 2. The fourth-order valence-corrected chi connectivity index (χ4v) is 3.44. The molecule has 2 N–H and O–H groups in total. The van der Waals surface area contributed by atoms with Gasteiger partial charge in [0.05, 0.1) is 11.0 Å². The van der Waals surface area contributed by atoms with E-state index in [-0.39, 0.29) is 22.7 Å². The Morgan fingerprint density at radius 3 is 2.57 bits per heavy atom. The summed E-state index contributed by atoms with van der Waals surface area (Å²) >= 11 is 0.995. The first-order chi connectivity index (χ1) is 11.1. The van der Waals surface area contributed by atoms with Crippen LogP contribution in [-0.2, 0) is 4.74 Å². The van der Waals surface area contributed by atoms with Crippen molar-refractivity contribution in [1.82, 2.24) is 5.32 Å². The standard InChI is InChI=1S/C16H20F2N2O2S/c1-23-15-12(17)6-11(7-13(15)18)20-16(21)19-10-4-5-22-14(8-10)9-2-3-9/h6-7,9-10,14H,2-5,8H2,1H3,(H2,19,20,21)/t10-,14+/m1/s1. The zero-order valence-electron chi connectivity index (χ0n) is 12.9. The SMILES string of the molecule is CSc1c(F)cc(NC(=O)N[C@@H]2CCO[C@H](C3CC3)C2)cc1F. The summed E-state index contributed by atoms with van der Waals surface area (Å²) in [5.74, 6) is -0.717. The minimum atomic E-state index is -0.673. The van der Waals surface area contributed by atoms with E-state index in [4.69, 9.17) is 4.74 Å². The van der Waals surface area contributed by atoms with Gasteiger partial charge in [0.25, 0.3) is 0 Å². The summed E-state index contributed by atoms with van der Waals surface area (Å²) in [6.07, 6.45) is 5.78. The molecule has 1 aliphatic heterocycles. The number of benzene rings is 1. The third-order valence-electron chi connectivity index (χ3n) is 4.26. The van der Waals surface area contributed by atoms with Crippen molar-refractivity contribution in [3.63, 3.8) is 0 Å². The van der Waals surface area contributed by atoms with Crippen LogP contribution in [0.4, 0.5) is 19.3 Å². The average Bonchev–Trinajstić information content (AvgIpc) is 3.31. The first-order valence-electron chi connectivity index (χ1n) is 7.79. The maximum Gasteiger partial charge on any atom is 0.319 e. The summed E-state index contributed by atoms with van der Waals surface area (Å²) in [6.45, 7) is 0.637. The molecule has 0 bridgehead atoms.